The van der Waals surface area contributed by atoms with E-state index in [1.807, 2.05) is 19.1 Å². The second kappa shape index (κ2) is 4.47. The van der Waals surface area contributed by atoms with Crippen LogP contribution in [0.25, 0.3) is 0 Å². The van der Waals surface area contributed by atoms with E-state index in [4.69, 9.17) is 5.26 Å². The molecule has 0 saturated heterocycles. The first-order chi connectivity index (χ1) is 8.11. The van der Waals surface area contributed by atoms with Gasteiger partial charge in [0.15, 0.2) is 5.16 Å². The maximum atomic E-state index is 11.2. The molecule has 2 aromatic rings. The van der Waals surface area contributed by atoms with Crippen molar-refractivity contribution in [2.45, 2.75) is 17.0 Å². The zero-order valence-corrected chi connectivity index (χ0v) is 10.2. The lowest BCUT2D eigenvalue weighted by atomic mass is 10.2. The fourth-order valence-electron chi connectivity index (χ4n) is 1.36. The number of aryl methyl sites for hydroxylation is 1. The number of nitriles is 1. The van der Waals surface area contributed by atoms with E-state index in [1.165, 1.54) is 16.3 Å². The van der Waals surface area contributed by atoms with Crippen molar-refractivity contribution in [2.24, 2.45) is 7.05 Å². The minimum atomic E-state index is -0.237. The van der Waals surface area contributed by atoms with E-state index >= 15 is 0 Å². The lowest BCUT2D eigenvalue weighted by Gasteiger charge is -2.04. The number of nitrogens with zero attached hydrogens (tertiary/aromatic N) is 3. The van der Waals surface area contributed by atoms with Crippen LogP contribution < -0.4 is 5.69 Å². The van der Waals surface area contributed by atoms with E-state index in [0.717, 1.165) is 10.5 Å². The molecule has 0 aliphatic rings. The Balaban J connectivity index is 2.34. The number of aromatic amines is 1. The maximum Gasteiger partial charge on any atom is 0.343 e. The number of benzene rings is 1. The van der Waals surface area contributed by atoms with Gasteiger partial charge in [0.1, 0.15) is 0 Å². The fourth-order valence-corrected chi connectivity index (χ4v) is 2.22. The van der Waals surface area contributed by atoms with E-state index in [1.54, 1.807) is 13.1 Å². The van der Waals surface area contributed by atoms with Gasteiger partial charge in [0.2, 0.25) is 0 Å². The molecule has 5 nitrogen and oxygen atoms in total. The van der Waals surface area contributed by atoms with Gasteiger partial charge in [-0.05, 0) is 42.4 Å². The van der Waals surface area contributed by atoms with Crippen molar-refractivity contribution < 1.29 is 0 Å². The predicted octanol–water partition coefficient (Wildman–Crippen LogP) is 1.44. The lowest BCUT2D eigenvalue weighted by molar-refractivity contribution is 0.765. The van der Waals surface area contributed by atoms with Gasteiger partial charge in [-0.25, -0.2) is 9.89 Å². The van der Waals surface area contributed by atoms with Crippen LogP contribution >= 0.6 is 11.8 Å². The Labute approximate surface area is 102 Å². The summed E-state index contributed by atoms with van der Waals surface area (Å²) >= 11 is 1.39. The summed E-state index contributed by atoms with van der Waals surface area (Å²) in [5.41, 5.74) is 1.38. The van der Waals surface area contributed by atoms with Crippen molar-refractivity contribution in [1.82, 2.24) is 14.8 Å². The molecule has 1 heterocycles. The zero-order valence-electron chi connectivity index (χ0n) is 9.39. The minimum absolute atomic E-state index is 0.237. The largest absolute Gasteiger partial charge is 0.343 e. The third kappa shape index (κ3) is 2.24. The number of aromatic nitrogens is 3. The van der Waals surface area contributed by atoms with E-state index in [0.29, 0.717) is 10.7 Å². The highest BCUT2D eigenvalue weighted by Crippen LogP contribution is 2.28. The third-order valence-corrected chi connectivity index (χ3v) is 3.57. The second-order valence-corrected chi connectivity index (χ2v) is 4.57. The highest BCUT2D eigenvalue weighted by atomic mass is 32.2. The Morgan fingerprint density at radius 3 is 2.82 bits per heavy atom. The molecule has 6 heteroatoms. The molecule has 1 aromatic carbocycles. The summed E-state index contributed by atoms with van der Waals surface area (Å²) in [5.74, 6) is 0. The molecule has 0 aliphatic carbocycles. The number of H-pyrrole nitrogens is 1. The Bertz CT molecular complexity index is 650. The summed E-state index contributed by atoms with van der Waals surface area (Å²) in [4.78, 5) is 12.2. The number of nitrogens with one attached hydrogen (secondary N) is 1. The van der Waals surface area contributed by atoms with Gasteiger partial charge >= 0.3 is 5.69 Å². The van der Waals surface area contributed by atoms with Gasteiger partial charge in [0, 0.05) is 11.9 Å². The normalized spacial score (nSPS) is 10.2. The highest BCUT2D eigenvalue weighted by Gasteiger charge is 2.08. The van der Waals surface area contributed by atoms with Crippen LogP contribution in [0.1, 0.15) is 11.1 Å². The molecule has 0 bridgehead atoms. The average molecular weight is 246 g/mol. The van der Waals surface area contributed by atoms with Gasteiger partial charge in [0.05, 0.1) is 11.6 Å². The molecule has 86 valence electrons. The van der Waals surface area contributed by atoms with Gasteiger partial charge in [0.25, 0.3) is 0 Å². The van der Waals surface area contributed by atoms with Crippen molar-refractivity contribution in [3.05, 3.63) is 39.8 Å². The van der Waals surface area contributed by atoms with Crippen LogP contribution in [0.5, 0.6) is 0 Å². The van der Waals surface area contributed by atoms with Crippen molar-refractivity contribution >= 4 is 11.8 Å². The molecule has 0 atom stereocenters. The molecule has 0 aliphatic heterocycles. The van der Waals surface area contributed by atoms with Crippen LogP contribution in [0, 0.1) is 18.3 Å². The average Bonchev–Trinajstić information content (AvgIpc) is 2.63. The first-order valence-corrected chi connectivity index (χ1v) is 5.73. The summed E-state index contributed by atoms with van der Waals surface area (Å²) in [6.45, 7) is 1.92. The second-order valence-electron chi connectivity index (χ2n) is 3.56. The Morgan fingerprint density at radius 2 is 2.29 bits per heavy atom. The molecule has 0 unspecified atom stereocenters. The van der Waals surface area contributed by atoms with Gasteiger partial charge in [-0.15, -0.1) is 5.10 Å². The molecule has 1 aromatic heterocycles. The molecular weight excluding hydrogens is 236 g/mol. The Morgan fingerprint density at radius 1 is 1.53 bits per heavy atom. The maximum absolute atomic E-state index is 11.2. The van der Waals surface area contributed by atoms with Crippen molar-refractivity contribution in [2.75, 3.05) is 0 Å². The van der Waals surface area contributed by atoms with E-state index in [-0.39, 0.29) is 5.69 Å². The van der Waals surface area contributed by atoms with Crippen LogP contribution in [0.3, 0.4) is 0 Å². The molecule has 2 rings (SSSR count). The third-order valence-electron chi connectivity index (χ3n) is 2.34. The van der Waals surface area contributed by atoms with Gasteiger partial charge in [-0.1, -0.05) is 0 Å². The SMILES string of the molecule is Cc1cc(C#N)ccc1Sc1n[nH]c(=O)n1C. The Hall–Kier alpha value is -2.00. The lowest BCUT2D eigenvalue weighted by Crippen LogP contribution is -2.12. The number of hydrogen-bond donors (Lipinski definition) is 1. The van der Waals surface area contributed by atoms with Crippen LogP contribution in [0.2, 0.25) is 0 Å². The molecule has 0 saturated carbocycles. The summed E-state index contributed by atoms with van der Waals surface area (Å²) in [6.07, 6.45) is 0. The quantitative estimate of drug-likeness (QED) is 0.870. The molecule has 0 amide bonds. The number of rotatable bonds is 2. The smallest absolute Gasteiger partial charge is 0.273 e. The summed E-state index contributed by atoms with van der Waals surface area (Å²) in [6, 6.07) is 7.51. The molecule has 17 heavy (non-hydrogen) atoms. The van der Waals surface area contributed by atoms with Crippen LogP contribution in [0.15, 0.2) is 33.0 Å². The van der Waals surface area contributed by atoms with Gasteiger partial charge in [-0.3, -0.25) is 4.57 Å². The van der Waals surface area contributed by atoms with Crippen LogP contribution in [0.4, 0.5) is 0 Å². The standard InChI is InChI=1S/C11H10N4OS/c1-7-5-8(6-12)3-4-9(7)17-11-14-13-10(16)15(11)2/h3-5H,1-2H3,(H,13,16). The predicted molar refractivity (Wildman–Crippen MR) is 63.8 cm³/mol. The van der Waals surface area contributed by atoms with Crippen molar-refractivity contribution in [3.8, 4) is 6.07 Å². The van der Waals surface area contributed by atoms with E-state index in [2.05, 4.69) is 16.3 Å². The first-order valence-electron chi connectivity index (χ1n) is 4.92. The topological polar surface area (TPSA) is 74.5 Å². The summed E-state index contributed by atoms with van der Waals surface area (Å²) in [5, 5.41) is 15.7. The first kappa shape index (κ1) is 11.5. The monoisotopic (exact) mass is 246 g/mol. The summed E-state index contributed by atoms with van der Waals surface area (Å²) < 4.78 is 1.45. The summed E-state index contributed by atoms with van der Waals surface area (Å²) in [7, 11) is 1.66. The van der Waals surface area contributed by atoms with Crippen molar-refractivity contribution in [3.63, 3.8) is 0 Å². The van der Waals surface area contributed by atoms with E-state index < -0.39 is 0 Å². The fraction of sp³-hybridized carbons (Fsp3) is 0.182. The molecular formula is C11H10N4OS. The molecule has 1 N–H and O–H groups in total. The molecule has 0 spiro atoms. The number of hydrogen-bond acceptors (Lipinski definition) is 4. The minimum Gasteiger partial charge on any atom is -0.273 e. The Kier molecular flexibility index (Phi) is 3.02. The highest BCUT2D eigenvalue weighted by molar-refractivity contribution is 7.99. The molecule has 0 radical (unpaired) electrons. The van der Waals surface area contributed by atoms with Crippen LogP contribution in [-0.2, 0) is 7.05 Å². The zero-order chi connectivity index (χ0) is 12.4. The molecule has 0 fully saturated rings. The van der Waals surface area contributed by atoms with Gasteiger partial charge < -0.3 is 0 Å². The van der Waals surface area contributed by atoms with Crippen molar-refractivity contribution in [1.29, 1.82) is 5.26 Å². The van der Waals surface area contributed by atoms with E-state index in [9.17, 15) is 4.79 Å². The van der Waals surface area contributed by atoms with Gasteiger partial charge in [-0.2, -0.15) is 5.26 Å². The van der Waals surface area contributed by atoms with Crippen LogP contribution in [-0.4, -0.2) is 14.8 Å².